The number of rotatable bonds is 6. The van der Waals surface area contributed by atoms with Crippen molar-refractivity contribution in [3.8, 4) is 0 Å². The molecular weight excluding hydrogens is 228 g/mol. The van der Waals surface area contributed by atoms with E-state index in [-0.39, 0.29) is 0 Å². The molecule has 0 amide bonds. The molecule has 84 valence electrons. The van der Waals surface area contributed by atoms with E-state index in [0.29, 0.717) is 12.5 Å². The van der Waals surface area contributed by atoms with Gasteiger partial charge in [0.1, 0.15) is 0 Å². The molecule has 1 aromatic carbocycles. The van der Waals surface area contributed by atoms with Crippen LogP contribution in [0.2, 0.25) is 6.55 Å². The third kappa shape index (κ3) is 3.61. The summed E-state index contributed by atoms with van der Waals surface area (Å²) in [4.78, 5) is 0. The summed E-state index contributed by atoms with van der Waals surface area (Å²) >= 11 is 5.61. The fourth-order valence-electron chi connectivity index (χ4n) is 1.32. The first-order valence-electron chi connectivity index (χ1n) is 5.03. The van der Waals surface area contributed by atoms with E-state index in [1.54, 1.807) is 7.11 Å². The van der Waals surface area contributed by atoms with Crippen molar-refractivity contribution in [3.05, 3.63) is 30.3 Å². The summed E-state index contributed by atoms with van der Waals surface area (Å²) in [5, 5.41) is 1.15. The van der Waals surface area contributed by atoms with Gasteiger partial charge in [0.15, 0.2) is 0 Å². The standard InChI is InChI=1S/C11H17ClO2Si/c1-13-15(2,14-10-6-9-12)11-7-4-3-5-8-11/h3-5,7-8H,6,9-10H2,1-2H3. The maximum Gasteiger partial charge on any atom is 0.369 e. The van der Waals surface area contributed by atoms with Gasteiger partial charge in [-0.3, -0.25) is 0 Å². The third-order valence-corrected chi connectivity index (χ3v) is 5.53. The van der Waals surface area contributed by atoms with E-state index in [1.165, 1.54) is 0 Å². The topological polar surface area (TPSA) is 18.5 Å². The summed E-state index contributed by atoms with van der Waals surface area (Å²) in [5.41, 5.74) is 0. The van der Waals surface area contributed by atoms with Crippen molar-refractivity contribution in [1.82, 2.24) is 0 Å². The molecule has 0 N–H and O–H groups in total. The van der Waals surface area contributed by atoms with E-state index in [4.69, 9.17) is 20.5 Å². The first-order valence-corrected chi connectivity index (χ1v) is 7.88. The van der Waals surface area contributed by atoms with Crippen LogP contribution in [0.1, 0.15) is 6.42 Å². The summed E-state index contributed by atoms with van der Waals surface area (Å²) in [6.45, 7) is 2.71. The third-order valence-electron chi connectivity index (χ3n) is 2.34. The summed E-state index contributed by atoms with van der Waals surface area (Å²) in [6, 6.07) is 10.1. The lowest BCUT2D eigenvalue weighted by atomic mass is 10.4. The molecule has 2 nitrogen and oxygen atoms in total. The lowest BCUT2D eigenvalue weighted by molar-refractivity contribution is 0.218. The second-order valence-corrected chi connectivity index (χ2v) is 6.95. The van der Waals surface area contributed by atoms with Crippen LogP contribution in [0, 0.1) is 0 Å². The van der Waals surface area contributed by atoms with E-state index in [0.717, 1.165) is 11.6 Å². The predicted octanol–water partition coefficient (Wildman–Crippen LogP) is 2.26. The first-order chi connectivity index (χ1) is 7.23. The molecule has 0 aliphatic rings. The average molecular weight is 245 g/mol. The maximum absolute atomic E-state index is 5.84. The average Bonchev–Trinajstić information content (AvgIpc) is 2.30. The molecule has 1 atom stereocenters. The van der Waals surface area contributed by atoms with Crippen molar-refractivity contribution in [2.75, 3.05) is 19.6 Å². The van der Waals surface area contributed by atoms with Crippen molar-refractivity contribution in [1.29, 1.82) is 0 Å². The molecule has 1 unspecified atom stereocenters. The van der Waals surface area contributed by atoms with Gasteiger partial charge in [-0.25, -0.2) is 0 Å². The summed E-state index contributed by atoms with van der Waals surface area (Å²) in [5.74, 6) is 0.628. The van der Waals surface area contributed by atoms with Gasteiger partial charge >= 0.3 is 8.56 Å². The Morgan fingerprint density at radius 1 is 1.27 bits per heavy atom. The minimum Gasteiger partial charge on any atom is -0.394 e. The van der Waals surface area contributed by atoms with Gasteiger partial charge in [-0.1, -0.05) is 30.3 Å². The van der Waals surface area contributed by atoms with Gasteiger partial charge in [0.05, 0.1) is 0 Å². The van der Waals surface area contributed by atoms with E-state index in [9.17, 15) is 0 Å². The van der Waals surface area contributed by atoms with E-state index < -0.39 is 8.56 Å². The molecule has 0 spiro atoms. The molecule has 1 aromatic rings. The maximum atomic E-state index is 5.84. The molecule has 15 heavy (non-hydrogen) atoms. The monoisotopic (exact) mass is 244 g/mol. The quantitative estimate of drug-likeness (QED) is 0.434. The molecule has 0 aromatic heterocycles. The van der Waals surface area contributed by atoms with Crippen LogP contribution in [-0.2, 0) is 8.85 Å². The van der Waals surface area contributed by atoms with Crippen molar-refractivity contribution >= 4 is 25.3 Å². The molecule has 4 heteroatoms. The molecule has 0 radical (unpaired) electrons. The molecule has 0 heterocycles. The Kier molecular flexibility index (Phi) is 5.32. The van der Waals surface area contributed by atoms with Crippen LogP contribution < -0.4 is 5.19 Å². The number of hydrogen-bond donors (Lipinski definition) is 0. The largest absolute Gasteiger partial charge is 0.394 e. The van der Waals surface area contributed by atoms with Gasteiger partial charge in [-0.15, -0.1) is 11.6 Å². The van der Waals surface area contributed by atoms with Crippen LogP contribution in [0.5, 0.6) is 0 Å². The summed E-state index contributed by atoms with van der Waals surface area (Å²) in [6.07, 6.45) is 0.861. The minimum atomic E-state index is -2.20. The van der Waals surface area contributed by atoms with Gasteiger partial charge in [0.2, 0.25) is 0 Å². The lowest BCUT2D eigenvalue weighted by Gasteiger charge is -2.25. The molecular formula is C11H17ClO2Si. The molecule has 0 aliphatic carbocycles. The van der Waals surface area contributed by atoms with Gasteiger partial charge < -0.3 is 8.85 Å². The molecule has 0 saturated carbocycles. The van der Waals surface area contributed by atoms with E-state index in [1.807, 2.05) is 18.2 Å². The highest BCUT2D eigenvalue weighted by Gasteiger charge is 2.32. The number of hydrogen-bond acceptors (Lipinski definition) is 2. The zero-order valence-corrected chi connectivity index (χ0v) is 11.0. The second-order valence-electron chi connectivity index (χ2n) is 3.41. The molecule has 0 saturated heterocycles. The zero-order valence-electron chi connectivity index (χ0n) is 9.20. The number of benzene rings is 1. The first kappa shape index (κ1) is 12.7. The Hall–Kier alpha value is -0.353. The van der Waals surface area contributed by atoms with Crippen LogP contribution >= 0.6 is 11.6 Å². The highest BCUT2D eigenvalue weighted by molar-refractivity contribution is 6.79. The highest BCUT2D eigenvalue weighted by Crippen LogP contribution is 2.07. The van der Waals surface area contributed by atoms with Gasteiger partial charge in [0.25, 0.3) is 0 Å². The molecule has 1 rings (SSSR count). The van der Waals surface area contributed by atoms with Crippen molar-refractivity contribution in [2.45, 2.75) is 13.0 Å². The van der Waals surface area contributed by atoms with Crippen LogP contribution in [0.4, 0.5) is 0 Å². The Morgan fingerprint density at radius 2 is 1.93 bits per heavy atom. The smallest absolute Gasteiger partial charge is 0.369 e. The van der Waals surface area contributed by atoms with Gasteiger partial charge in [-0.2, -0.15) is 0 Å². The second kappa shape index (κ2) is 6.28. The minimum absolute atomic E-state index is 0.628. The Bertz CT molecular complexity index is 281. The van der Waals surface area contributed by atoms with Crippen molar-refractivity contribution in [3.63, 3.8) is 0 Å². The Morgan fingerprint density at radius 3 is 2.47 bits per heavy atom. The van der Waals surface area contributed by atoms with E-state index in [2.05, 4.69) is 18.7 Å². The van der Waals surface area contributed by atoms with Gasteiger partial charge in [-0.05, 0) is 18.2 Å². The highest BCUT2D eigenvalue weighted by atomic mass is 35.5. The van der Waals surface area contributed by atoms with Crippen LogP contribution in [-0.4, -0.2) is 28.2 Å². The van der Waals surface area contributed by atoms with E-state index >= 15 is 0 Å². The normalized spacial score (nSPS) is 14.9. The number of halogens is 1. The zero-order chi connectivity index (χ0) is 11.1. The lowest BCUT2D eigenvalue weighted by Crippen LogP contribution is -2.50. The number of alkyl halides is 1. The predicted molar refractivity (Wildman–Crippen MR) is 66.0 cm³/mol. The molecule has 0 aliphatic heterocycles. The van der Waals surface area contributed by atoms with Crippen LogP contribution in [0.15, 0.2) is 30.3 Å². The van der Waals surface area contributed by atoms with Crippen LogP contribution in [0.25, 0.3) is 0 Å². The van der Waals surface area contributed by atoms with Crippen molar-refractivity contribution in [2.24, 2.45) is 0 Å². The van der Waals surface area contributed by atoms with Gasteiger partial charge in [0, 0.05) is 19.6 Å². The Labute approximate surface area is 97.4 Å². The van der Waals surface area contributed by atoms with Crippen LogP contribution in [0.3, 0.4) is 0 Å². The fraction of sp³-hybridized carbons (Fsp3) is 0.455. The molecule has 0 bridgehead atoms. The molecule has 0 fully saturated rings. The summed E-state index contributed by atoms with van der Waals surface area (Å²) in [7, 11) is -0.487. The van der Waals surface area contributed by atoms with Crippen molar-refractivity contribution < 1.29 is 8.85 Å². The summed E-state index contributed by atoms with van der Waals surface area (Å²) < 4.78 is 11.4. The SMILES string of the molecule is CO[Si](C)(OCCCCl)c1ccccc1. The fourth-order valence-corrected chi connectivity index (χ4v) is 3.28. The Balaban J connectivity index is 2.67.